The molecule has 3 N–H and O–H groups in total. The Morgan fingerprint density at radius 3 is 2.14 bits per heavy atom. The topological polar surface area (TPSA) is 107 Å². The van der Waals surface area contributed by atoms with E-state index in [0.717, 1.165) is 4.90 Å². The summed E-state index contributed by atoms with van der Waals surface area (Å²) in [5.74, 6) is -2.32. The van der Waals surface area contributed by atoms with Crippen LogP contribution in [0.4, 0.5) is 4.79 Å². The van der Waals surface area contributed by atoms with Gasteiger partial charge in [-0.3, -0.25) is 9.59 Å². The molecule has 0 aliphatic rings. The molecule has 0 aromatic carbocycles. The molecule has 0 radical (unpaired) electrons. The Bertz CT molecular complexity index is 240. The van der Waals surface area contributed by atoms with Crippen molar-refractivity contribution in [2.45, 2.75) is 6.92 Å². The van der Waals surface area contributed by atoms with E-state index >= 15 is 0 Å². The maximum absolute atomic E-state index is 11.1. The third-order valence-electron chi connectivity index (χ3n) is 1.39. The van der Waals surface area contributed by atoms with Crippen molar-refractivity contribution in [3.05, 3.63) is 0 Å². The number of hydrogen-bond acceptors (Lipinski definition) is 3. The van der Waals surface area contributed by atoms with Crippen LogP contribution in [0, 0.1) is 0 Å². The van der Waals surface area contributed by atoms with Gasteiger partial charge in [-0.05, 0) is 6.92 Å². The Hall–Kier alpha value is -1.79. The predicted molar refractivity (Wildman–Crippen MR) is 45.9 cm³/mol. The zero-order chi connectivity index (χ0) is 11.1. The average Bonchev–Trinajstić information content (AvgIpc) is 2.09. The first-order chi connectivity index (χ1) is 6.47. The minimum Gasteiger partial charge on any atom is -0.480 e. The van der Waals surface area contributed by atoms with E-state index in [-0.39, 0.29) is 6.54 Å². The van der Waals surface area contributed by atoms with Gasteiger partial charge >= 0.3 is 18.0 Å². The highest BCUT2D eigenvalue weighted by atomic mass is 16.4. The van der Waals surface area contributed by atoms with Gasteiger partial charge in [0, 0.05) is 6.54 Å². The molecule has 0 aromatic rings. The summed E-state index contributed by atoms with van der Waals surface area (Å²) in [5, 5.41) is 18.7. The minimum absolute atomic E-state index is 0.206. The lowest BCUT2D eigenvalue weighted by Crippen LogP contribution is -2.44. The Morgan fingerprint density at radius 2 is 1.79 bits per heavy atom. The highest BCUT2D eigenvalue weighted by Gasteiger charge is 2.14. The number of aliphatic carboxylic acids is 2. The lowest BCUT2D eigenvalue weighted by molar-refractivity contribution is -0.137. The van der Waals surface area contributed by atoms with Crippen LogP contribution in [-0.4, -0.2) is 52.7 Å². The van der Waals surface area contributed by atoms with Gasteiger partial charge in [0.2, 0.25) is 0 Å². The number of rotatable bonds is 5. The van der Waals surface area contributed by atoms with Crippen LogP contribution in [0.2, 0.25) is 0 Å². The Balaban J connectivity index is 4.04. The first-order valence-corrected chi connectivity index (χ1v) is 3.93. The van der Waals surface area contributed by atoms with Crippen LogP contribution < -0.4 is 5.32 Å². The van der Waals surface area contributed by atoms with Crippen molar-refractivity contribution in [1.29, 1.82) is 0 Å². The quantitative estimate of drug-likeness (QED) is 0.542. The number of carboxylic acids is 2. The van der Waals surface area contributed by atoms with E-state index < -0.39 is 31.1 Å². The van der Waals surface area contributed by atoms with Gasteiger partial charge in [0.1, 0.15) is 13.1 Å². The number of carbonyl (C=O) groups is 3. The van der Waals surface area contributed by atoms with Gasteiger partial charge in [0.05, 0.1) is 0 Å². The molecule has 0 saturated heterocycles. The van der Waals surface area contributed by atoms with Crippen molar-refractivity contribution in [2.24, 2.45) is 0 Å². The maximum atomic E-state index is 11.1. The van der Waals surface area contributed by atoms with Crippen LogP contribution in [0.3, 0.4) is 0 Å². The number of hydrogen-bond donors (Lipinski definition) is 3. The molecule has 0 saturated carbocycles. The number of likely N-dealkylation sites (N-methyl/N-ethyl adjacent to an activating group) is 1. The van der Waals surface area contributed by atoms with Crippen LogP contribution in [0.1, 0.15) is 6.92 Å². The fourth-order valence-corrected chi connectivity index (χ4v) is 0.754. The van der Waals surface area contributed by atoms with Crippen LogP contribution in [0.15, 0.2) is 0 Å². The molecule has 2 amide bonds. The largest absolute Gasteiger partial charge is 0.480 e. The SMILES string of the molecule is CCN(CC(=O)O)C(=O)NCC(=O)O. The summed E-state index contributed by atoms with van der Waals surface area (Å²) in [6.07, 6.45) is 0. The normalized spacial score (nSPS) is 9.21. The van der Waals surface area contributed by atoms with Gasteiger partial charge < -0.3 is 20.4 Å². The first kappa shape index (κ1) is 12.2. The summed E-state index contributed by atoms with van der Waals surface area (Å²) >= 11 is 0. The second kappa shape index (κ2) is 5.79. The smallest absolute Gasteiger partial charge is 0.323 e. The third kappa shape index (κ3) is 4.96. The van der Waals surface area contributed by atoms with E-state index in [0.29, 0.717) is 0 Å². The van der Waals surface area contributed by atoms with E-state index in [9.17, 15) is 14.4 Å². The number of carboxylic acid groups (broad SMARTS) is 2. The molecule has 0 spiro atoms. The van der Waals surface area contributed by atoms with Gasteiger partial charge in [0.15, 0.2) is 0 Å². The highest BCUT2D eigenvalue weighted by Crippen LogP contribution is 1.88. The molecule has 0 aromatic heterocycles. The van der Waals surface area contributed by atoms with Gasteiger partial charge in [0.25, 0.3) is 0 Å². The van der Waals surface area contributed by atoms with Crippen molar-refractivity contribution in [1.82, 2.24) is 10.2 Å². The second-order valence-corrected chi connectivity index (χ2v) is 2.46. The molecule has 0 aliphatic heterocycles. The Morgan fingerprint density at radius 1 is 1.21 bits per heavy atom. The summed E-state index contributed by atoms with van der Waals surface area (Å²) in [6, 6.07) is -0.697. The fraction of sp³-hybridized carbons (Fsp3) is 0.571. The number of urea groups is 1. The van der Waals surface area contributed by atoms with Gasteiger partial charge in [-0.1, -0.05) is 0 Å². The molecule has 0 atom stereocenters. The molecule has 14 heavy (non-hydrogen) atoms. The summed E-state index contributed by atoms with van der Waals surface area (Å²) in [5.41, 5.74) is 0. The zero-order valence-electron chi connectivity index (χ0n) is 7.69. The van der Waals surface area contributed by atoms with Crippen LogP contribution >= 0.6 is 0 Å². The van der Waals surface area contributed by atoms with Crippen LogP contribution in [0.5, 0.6) is 0 Å². The lowest BCUT2D eigenvalue weighted by Gasteiger charge is -2.18. The number of carbonyl (C=O) groups excluding carboxylic acids is 1. The predicted octanol–water partition coefficient (Wildman–Crippen LogP) is -0.813. The summed E-state index contributed by atoms with van der Waals surface area (Å²) in [4.78, 5) is 32.5. The molecule has 0 heterocycles. The van der Waals surface area contributed by atoms with E-state index in [1.54, 1.807) is 6.92 Å². The second-order valence-electron chi connectivity index (χ2n) is 2.46. The first-order valence-electron chi connectivity index (χ1n) is 3.93. The highest BCUT2D eigenvalue weighted by molar-refractivity contribution is 5.82. The molecule has 7 heteroatoms. The number of nitrogens with one attached hydrogen (secondary N) is 1. The van der Waals surface area contributed by atoms with Gasteiger partial charge in [-0.15, -0.1) is 0 Å². The molecule has 0 aliphatic carbocycles. The standard InChI is InChI=1S/C7H12N2O5/c1-2-9(4-6(12)13)7(14)8-3-5(10)11/h2-4H2,1H3,(H,8,14)(H,10,11)(H,12,13). The zero-order valence-corrected chi connectivity index (χ0v) is 7.69. The summed E-state index contributed by atoms with van der Waals surface area (Å²) in [7, 11) is 0. The van der Waals surface area contributed by atoms with Crippen LogP contribution in [-0.2, 0) is 9.59 Å². The lowest BCUT2D eigenvalue weighted by atomic mass is 10.5. The van der Waals surface area contributed by atoms with Crippen molar-refractivity contribution >= 4 is 18.0 Å². The summed E-state index contributed by atoms with van der Waals surface area (Å²) < 4.78 is 0. The molecule has 7 nitrogen and oxygen atoms in total. The molecule has 0 rings (SSSR count). The third-order valence-corrected chi connectivity index (χ3v) is 1.39. The Labute approximate surface area is 80.3 Å². The van der Waals surface area contributed by atoms with Crippen molar-refractivity contribution < 1.29 is 24.6 Å². The van der Waals surface area contributed by atoms with Crippen molar-refractivity contribution in [3.63, 3.8) is 0 Å². The van der Waals surface area contributed by atoms with E-state index in [2.05, 4.69) is 5.32 Å². The van der Waals surface area contributed by atoms with Crippen molar-refractivity contribution in [2.75, 3.05) is 19.6 Å². The van der Waals surface area contributed by atoms with Crippen LogP contribution in [0.25, 0.3) is 0 Å². The van der Waals surface area contributed by atoms with Crippen molar-refractivity contribution in [3.8, 4) is 0 Å². The van der Waals surface area contributed by atoms with E-state index in [4.69, 9.17) is 10.2 Å². The molecule has 80 valence electrons. The monoisotopic (exact) mass is 204 g/mol. The number of amides is 2. The minimum atomic E-state index is -1.18. The van der Waals surface area contributed by atoms with E-state index in [1.165, 1.54) is 0 Å². The average molecular weight is 204 g/mol. The molecular formula is C7H12N2O5. The maximum Gasteiger partial charge on any atom is 0.323 e. The molecule has 0 fully saturated rings. The molecule has 0 unspecified atom stereocenters. The van der Waals surface area contributed by atoms with Gasteiger partial charge in [-0.25, -0.2) is 4.79 Å². The van der Waals surface area contributed by atoms with E-state index in [1.807, 2.05) is 0 Å². The molecule has 0 bridgehead atoms. The molecular weight excluding hydrogens is 192 g/mol. The summed E-state index contributed by atoms with van der Waals surface area (Å²) in [6.45, 7) is 0.845. The van der Waals surface area contributed by atoms with Gasteiger partial charge in [-0.2, -0.15) is 0 Å². The Kier molecular flexibility index (Phi) is 5.05. The number of nitrogens with zero attached hydrogens (tertiary/aromatic N) is 1. The fourth-order valence-electron chi connectivity index (χ4n) is 0.754.